The van der Waals surface area contributed by atoms with Crippen LogP contribution >= 0.6 is 0 Å². The van der Waals surface area contributed by atoms with Gasteiger partial charge in [0.2, 0.25) is 0 Å². The summed E-state index contributed by atoms with van der Waals surface area (Å²) in [4.78, 5) is 0. The van der Waals surface area contributed by atoms with Crippen molar-refractivity contribution < 1.29 is 32.7 Å². The zero-order valence-electron chi connectivity index (χ0n) is 22.7. The molecule has 2 N–H and O–H groups in total. The van der Waals surface area contributed by atoms with Crippen molar-refractivity contribution in [1.29, 1.82) is 0 Å². The van der Waals surface area contributed by atoms with E-state index in [4.69, 9.17) is 0 Å². The molecular formula is C28H60N2Y-2. The van der Waals surface area contributed by atoms with Gasteiger partial charge in [0, 0.05) is 32.7 Å². The molecule has 2 rings (SSSR count). The first kappa shape index (κ1) is 36.6. The number of hydrogen-bond donors (Lipinski definition) is 2. The maximum Gasteiger partial charge on any atom is 0 e. The van der Waals surface area contributed by atoms with Crippen LogP contribution in [0.3, 0.4) is 0 Å². The van der Waals surface area contributed by atoms with E-state index < -0.39 is 0 Å². The third-order valence-corrected chi connectivity index (χ3v) is 5.33. The number of rotatable bonds is 8. The summed E-state index contributed by atoms with van der Waals surface area (Å²) in [5, 5.41) is 6.57. The molecule has 31 heavy (non-hydrogen) atoms. The van der Waals surface area contributed by atoms with Crippen molar-refractivity contribution in [2.75, 3.05) is 26.2 Å². The van der Waals surface area contributed by atoms with Gasteiger partial charge in [0.15, 0.2) is 0 Å². The van der Waals surface area contributed by atoms with E-state index in [0.29, 0.717) is 10.8 Å². The average Bonchev–Trinajstić information content (AvgIpc) is 2.71. The summed E-state index contributed by atoms with van der Waals surface area (Å²) in [5.74, 6) is 0. The van der Waals surface area contributed by atoms with Crippen LogP contribution in [0.4, 0.5) is 0 Å². The second-order valence-electron chi connectivity index (χ2n) is 10.9. The van der Waals surface area contributed by atoms with Crippen molar-refractivity contribution in [3.8, 4) is 0 Å². The number of piperidine rings is 2. The molecule has 2 fully saturated rings. The second-order valence-corrected chi connectivity index (χ2v) is 10.9. The first-order valence-electron chi connectivity index (χ1n) is 13.2. The predicted molar refractivity (Wildman–Crippen MR) is 140 cm³/mol. The molecule has 0 saturated carbocycles. The van der Waals surface area contributed by atoms with Gasteiger partial charge in [0.05, 0.1) is 0 Å². The third kappa shape index (κ3) is 41.7. The van der Waals surface area contributed by atoms with Gasteiger partial charge < -0.3 is 24.5 Å². The van der Waals surface area contributed by atoms with E-state index in [1.54, 1.807) is 0 Å². The van der Waals surface area contributed by atoms with Crippen molar-refractivity contribution >= 4 is 0 Å². The molecule has 3 heteroatoms. The molecule has 0 aromatic rings. The molecule has 2 nitrogen and oxygen atoms in total. The maximum atomic E-state index is 4.04. The Kier molecular flexibility index (Phi) is 30.3. The molecule has 2 aliphatic heterocycles. The van der Waals surface area contributed by atoms with E-state index >= 15 is 0 Å². The molecule has 0 amide bonds. The van der Waals surface area contributed by atoms with Crippen molar-refractivity contribution in [2.24, 2.45) is 10.8 Å². The SMILES string of the molecule is C1CCNCC1.C1CCNCC1.[CH2-]C(C)(C)CCCCC.[CH2-]C(C)(C)CCCCC.[Y]. The average molecular weight is 514 g/mol. The van der Waals surface area contributed by atoms with E-state index in [2.05, 4.69) is 66.0 Å². The van der Waals surface area contributed by atoms with Crippen LogP contribution in [-0.4, -0.2) is 26.2 Å². The fourth-order valence-corrected chi connectivity index (χ4v) is 3.31. The minimum atomic E-state index is 0. The quantitative estimate of drug-likeness (QED) is 0.252. The van der Waals surface area contributed by atoms with E-state index in [1.807, 2.05) is 0 Å². The van der Waals surface area contributed by atoms with E-state index in [0.717, 1.165) is 0 Å². The fourth-order valence-electron chi connectivity index (χ4n) is 3.31. The summed E-state index contributed by atoms with van der Waals surface area (Å²) >= 11 is 0. The molecule has 2 heterocycles. The zero-order valence-corrected chi connectivity index (χ0v) is 25.6. The standard InChI is InChI=1S/2C9H19.2C5H11N.Y/c2*1-5-6-7-8-9(2,3)4;2*1-2-4-6-5-3-1;/h2*2,5-8H2,1,3-4H3;2*6H,1-5H2;/q2*-1;;;. The Balaban J connectivity index is -0.000000338. The second kappa shape index (κ2) is 25.6. The smallest absolute Gasteiger partial charge is 0 e. The minimum absolute atomic E-state index is 0. The van der Waals surface area contributed by atoms with Crippen LogP contribution in [0.1, 0.15) is 131 Å². The normalized spacial score (nSPS) is 16.3. The molecule has 0 aliphatic carbocycles. The Hall–Kier alpha value is 1.02. The molecule has 187 valence electrons. The summed E-state index contributed by atoms with van der Waals surface area (Å²) in [6, 6.07) is 0. The van der Waals surface area contributed by atoms with Crippen LogP contribution in [-0.2, 0) is 32.7 Å². The summed E-state index contributed by atoms with van der Waals surface area (Å²) < 4.78 is 0. The van der Waals surface area contributed by atoms with E-state index in [9.17, 15) is 0 Å². The van der Waals surface area contributed by atoms with Gasteiger partial charge in [-0.2, -0.15) is 10.8 Å². The molecule has 2 aliphatic rings. The van der Waals surface area contributed by atoms with Gasteiger partial charge in [0.25, 0.3) is 0 Å². The Morgan fingerprint density at radius 3 is 0.968 bits per heavy atom. The first-order chi connectivity index (χ1) is 14.1. The molecule has 0 aromatic carbocycles. The number of hydrogen-bond acceptors (Lipinski definition) is 2. The van der Waals surface area contributed by atoms with Gasteiger partial charge in [-0.25, -0.2) is 0 Å². The molecule has 0 atom stereocenters. The third-order valence-electron chi connectivity index (χ3n) is 5.33. The molecular weight excluding hydrogens is 453 g/mol. The summed E-state index contributed by atoms with van der Waals surface area (Å²) in [6.07, 6.45) is 19.0. The Bertz CT molecular complexity index is 255. The predicted octanol–water partition coefficient (Wildman–Crippen LogP) is 8.37. The van der Waals surface area contributed by atoms with Crippen molar-refractivity contribution in [3.63, 3.8) is 0 Å². The molecule has 0 unspecified atom stereocenters. The van der Waals surface area contributed by atoms with Crippen LogP contribution in [0, 0.1) is 24.7 Å². The minimum Gasteiger partial charge on any atom is -0.338 e. The molecule has 0 aromatic heterocycles. The van der Waals surface area contributed by atoms with Crippen LogP contribution in [0.15, 0.2) is 0 Å². The number of unbranched alkanes of at least 4 members (excludes halogenated alkanes) is 4. The number of nitrogens with one attached hydrogen (secondary N) is 2. The van der Waals surface area contributed by atoms with Gasteiger partial charge in [0.1, 0.15) is 0 Å². The van der Waals surface area contributed by atoms with Crippen LogP contribution < -0.4 is 10.6 Å². The van der Waals surface area contributed by atoms with Gasteiger partial charge in [-0.05, 0) is 51.9 Å². The van der Waals surface area contributed by atoms with Crippen molar-refractivity contribution in [2.45, 2.75) is 131 Å². The van der Waals surface area contributed by atoms with Gasteiger partial charge in [-0.1, -0.05) is 106 Å². The maximum absolute atomic E-state index is 4.04. The molecule has 0 bridgehead atoms. The van der Waals surface area contributed by atoms with E-state index in [-0.39, 0.29) is 32.7 Å². The largest absolute Gasteiger partial charge is 0.338 e. The summed E-state index contributed by atoms with van der Waals surface area (Å²) in [5.41, 5.74) is 0.602. The van der Waals surface area contributed by atoms with Gasteiger partial charge in [-0.15, -0.1) is 0 Å². The van der Waals surface area contributed by atoms with Crippen molar-refractivity contribution in [1.82, 2.24) is 10.6 Å². The van der Waals surface area contributed by atoms with E-state index in [1.165, 1.54) is 116 Å². The van der Waals surface area contributed by atoms with Crippen molar-refractivity contribution in [3.05, 3.63) is 13.8 Å². The molecule has 0 spiro atoms. The van der Waals surface area contributed by atoms with Gasteiger partial charge in [-0.3, -0.25) is 0 Å². The van der Waals surface area contributed by atoms with Gasteiger partial charge >= 0.3 is 0 Å². The van der Waals surface area contributed by atoms with Crippen LogP contribution in [0.2, 0.25) is 0 Å². The Labute approximate surface area is 224 Å². The topological polar surface area (TPSA) is 24.1 Å². The summed E-state index contributed by atoms with van der Waals surface area (Å²) in [7, 11) is 0. The monoisotopic (exact) mass is 513 g/mol. The Morgan fingerprint density at radius 2 is 0.839 bits per heavy atom. The Morgan fingerprint density at radius 1 is 0.548 bits per heavy atom. The molecule has 1 radical (unpaired) electrons. The first-order valence-corrected chi connectivity index (χ1v) is 13.2. The zero-order chi connectivity index (χ0) is 23.1. The van der Waals surface area contributed by atoms with Crippen LogP contribution in [0.25, 0.3) is 0 Å². The van der Waals surface area contributed by atoms with Crippen LogP contribution in [0.5, 0.6) is 0 Å². The molecule has 2 saturated heterocycles. The fraction of sp³-hybridized carbons (Fsp3) is 0.929. The summed E-state index contributed by atoms with van der Waals surface area (Å²) in [6.45, 7) is 26.3.